The summed E-state index contributed by atoms with van der Waals surface area (Å²) in [6.45, 7) is 1.14. The highest BCUT2D eigenvalue weighted by Gasteiger charge is 2.12. The maximum Gasteiger partial charge on any atom is 0.337 e. The quantitative estimate of drug-likeness (QED) is 0.919. The van der Waals surface area contributed by atoms with Gasteiger partial charge in [0, 0.05) is 24.3 Å². The summed E-state index contributed by atoms with van der Waals surface area (Å²) >= 11 is 5.95. The topological polar surface area (TPSA) is 53.4 Å². The smallest absolute Gasteiger partial charge is 0.337 e. The van der Waals surface area contributed by atoms with Gasteiger partial charge >= 0.3 is 5.97 Å². The maximum absolute atomic E-state index is 11.1. The number of aromatic carboxylic acids is 1. The average molecular weight is 291 g/mol. The zero-order valence-corrected chi connectivity index (χ0v) is 11.8. The Bertz CT molecular complexity index is 616. The molecule has 2 rings (SSSR count). The van der Waals surface area contributed by atoms with Crippen molar-refractivity contribution in [3.63, 3.8) is 0 Å². The minimum atomic E-state index is -0.954. The Balaban J connectivity index is 2.08. The number of pyridine rings is 1. The van der Waals surface area contributed by atoms with Crippen LogP contribution in [0, 0.1) is 0 Å². The molecule has 0 saturated heterocycles. The van der Waals surface area contributed by atoms with E-state index in [1.54, 1.807) is 18.3 Å². The van der Waals surface area contributed by atoms with Crippen molar-refractivity contribution >= 4 is 17.6 Å². The molecule has 0 radical (unpaired) electrons. The highest BCUT2D eigenvalue weighted by Crippen LogP contribution is 2.14. The van der Waals surface area contributed by atoms with Gasteiger partial charge in [-0.3, -0.25) is 9.88 Å². The number of hydrogen-bond acceptors (Lipinski definition) is 3. The molecule has 0 bridgehead atoms. The van der Waals surface area contributed by atoms with Gasteiger partial charge in [0.15, 0.2) is 0 Å². The highest BCUT2D eigenvalue weighted by atomic mass is 35.5. The number of hydrogen-bond donors (Lipinski definition) is 1. The molecular formula is C15H15ClN2O2. The SMILES string of the molecule is CN(Cc1cccc(Cl)c1)Cc1ncccc1C(=O)O. The van der Waals surface area contributed by atoms with E-state index in [0.29, 0.717) is 23.8 Å². The minimum Gasteiger partial charge on any atom is -0.478 e. The first-order valence-electron chi connectivity index (χ1n) is 6.16. The molecule has 0 aliphatic rings. The summed E-state index contributed by atoms with van der Waals surface area (Å²) < 4.78 is 0. The molecule has 2 aromatic rings. The van der Waals surface area contributed by atoms with Crippen LogP contribution in [0.4, 0.5) is 0 Å². The van der Waals surface area contributed by atoms with Crippen LogP contribution in [0.1, 0.15) is 21.6 Å². The van der Waals surface area contributed by atoms with Crippen LogP contribution in [-0.2, 0) is 13.1 Å². The summed E-state index contributed by atoms with van der Waals surface area (Å²) in [5.74, 6) is -0.954. The first kappa shape index (κ1) is 14.5. The predicted molar refractivity (Wildman–Crippen MR) is 77.8 cm³/mol. The Labute approximate surface area is 122 Å². The molecule has 20 heavy (non-hydrogen) atoms. The van der Waals surface area contributed by atoms with Crippen molar-refractivity contribution in [2.75, 3.05) is 7.05 Å². The molecule has 1 heterocycles. The van der Waals surface area contributed by atoms with Crippen molar-refractivity contribution in [3.8, 4) is 0 Å². The number of halogens is 1. The first-order chi connectivity index (χ1) is 9.56. The molecule has 104 valence electrons. The Morgan fingerprint density at radius 2 is 2.10 bits per heavy atom. The van der Waals surface area contributed by atoms with Gasteiger partial charge in [0.25, 0.3) is 0 Å². The van der Waals surface area contributed by atoms with E-state index in [1.165, 1.54) is 0 Å². The Morgan fingerprint density at radius 1 is 1.30 bits per heavy atom. The fourth-order valence-corrected chi connectivity index (χ4v) is 2.23. The van der Waals surface area contributed by atoms with Gasteiger partial charge < -0.3 is 5.11 Å². The van der Waals surface area contributed by atoms with E-state index in [9.17, 15) is 4.79 Å². The van der Waals surface area contributed by atoms with Crippen LogP contribution >= 0.6 is 11.6 Å². The summed E-state index contributed by atoms with van der Waals surface area (Å²) in [5.41, 5.74) is 1.88. The van der Waals surface area contributed by atoms with Crippen LogP contribution in [0.5, 0.6) is 0 Å². The van der Waals surface area contributed by atoms with E-state index >= 15 is 0 Å². The van der Waals surface area contributed by atoms with Gasteiger partial charge in [-0.25, -0.2) is 4.79 Å². The molecular weight excluding hydrogens is 276 g/mol. The van der Waals surface area contributed by atoms with Gasteiger partial charge in [-0.1, -0.05) is 23.7 Å². The Morgan fingerprint density at radius 3 is 2.80 bits per heavy atom. The first-order valence-corrected chi connectivity index (χ1v) is 6.54. The van der Waals surface area contributed by atoms with Crippen LogP contribution in [0.3, 0.4) is 0 Å². The van der Waals surface area contributed by atoms with Crippen molar-refractivity contribution in [3.05, 3.63) is 64.4 Å². The second kappa shape index (κ2) is 6.50. The number of aromatic nitrogens is 1. The van der Waals surface area contributed by atoms with Gasteiger partial charge in [0.1, 0.15) is 0 Å². The van der Waals surface area contributed by atoms with Gasteiger partial charge in [-0.15, -0.1) is 0 Å². The largest absolute Gasteiger partial charge is 0.478 e. The number of carboxylic acid groups (broad SMARTS) is 1. The lowest BCUT2D eigenvalue weighted by molar-refractivity contribution is 0.0694. The van der Waals surface area contributed by atoms with E-state index in [1.807, 2.05) is 36.2 Å². The number of benzene rings is 1. The number of carbonyl (C=O) groups is 1. The fraction of sp³-hybridized carbons (Fsp3) is 0.200. The molecule has 0 spiro atoms. The lowest BCUT2D eigenvalue weighted by Crippen LogP contribution is -2.20. The highest BCUT2D eigenvalue weighted by molar-refractivity contribution is 6.30. The zero-order valence-electron chi connectivity index (χ0n) is 11.1. The summed E-state index contributed by atoms with van der Waals surface area (Å²) in [5, 5.41) is 9.82. The van der Waals surface area contributed by atoms with Crippen molar-refractivity contribution in [1.82, 2.24) is 9.88 Å². The van der Waals surface area contributed by atoms with Crippen molar-refractivity contribution in [2.45, 2.75) is 13.1 Å². The molecule has 1 aromatic carbocycles. The van der Waals surface area contributed by atoms with E-state index in [0.717, 1.165) is 5.56 Å². The monoisotopic (exact) mass is 290 g/mol. The number of rotatable bonds is 5. The maximum atomic E-state index is 11.1. The summed E-state index contributed by atoms with van der Waals surface area (Å²) in [6.07, 6.45) is 1.61. The molecule has 0 fully saturated rings. The molecule has 1 aromatic heterocycles. The Hall–Kier alpha value is -1.91. The number of carboxylic acids is 1. The fourth-order valence-electron chi connectivity index (χ4n) is 2.02. The molecule has 0 unspecified atom stereocenters. The van der Waals surface area contributed by atoms with Gasteiger partial charge in [-0.2, -0.15) is 0 Å². The third-order valence-corrected chi connectivity index (χ3v) is 3.12. The van der Waals surface area contributed by atoms with Gasteiger partial charge in [0.2, 0.25) is 0 Å². The van der Waals surface area contributed by atoms with Crippen molar-refractivity contribution in [1.29, 1.82) is 0 Å². The summed E-state index contributed by atoms with van der Waals surface area (Å²) in [4.78, 5) is 17.3. The van der Waals surface area contributed by atoms with Crippen molar-refractivity contribution < 1.29 is 9.90 Å². The third kappa shape index (κ3) is 3.79. The number of nitrogens with zero attached hydrogens (tertiary/aromatic N) is 2. The zero-order chi connectivity index (χ0) is 14.5. The van der Waals surface area contributed by atoms with Crippen LogP contribution in [-0.4, -0.2) is 28.0 Å². The van der Waals surface area contributed by atoms with Crippen LogP contribution in [0.15, 0.2) is 42.6 Å². The molecule has 4 nitrogen and oxygen atoms in total. The van der Waals surface area contributed by atoms with Crippen LogP contribution in [0.25, 0.3) is 0 Å². The molecule has 0 aliphatic heterocycles. The Kier molecular flexibility index (Phi) is 4.71. The van der Waals surface area contributed by atoms with E-state index in [4.69, 9.17) is 16.7 Å². The third-order valence-electron chi connectivity index (χ3n) is 2.88. The van der Waals surface area contributed by atoms with Crippen LogP contribution in [0.2, 0.25) is 5.02 Å². The second-order valence-corrected chi connectivity index (χ2v) is 5.04. The molecule has 0 amide bonds. The van der Waals surface area contributed by atoms with Crippen molar-refractivity contribution in [2.24, 2.45) is 0 Å². The summed E-state index contributed by atoms with van der Waals surface area (Å²) in [7, 11) is 1.92. The molecule has 0 saturated carbocycles. The molecule has 0 aliphatic carbocycles. The normalized spacial score (nSPS) is 10.8. The van der Waals surface area contributed by atoms with E-state index < -0.39 is 5.97 Å². The lowest BCUT2D eigenvalue weighted by atomic mass is 10.1. The van der Waals surface area contributed by atoms with E-state index in [2.05, 4.69) is 4.98 Å². The standard InChI is InChI=1S/C15H15ClN2O2/c1-18(9-11-4-2-5-12(16)8-11)10-14-13(15(19)20)6-3-7-17-14/h2-8H,9-10H2,1H3,(H,19,20). The summed E-state index contributed by atoms with van der Waals surface area (Å²) in [6, 6.07) is 10.8. The second-order valence-electron chi connectivity index (χ2n) is 4.61. The molecule has 0 atom stereocenters. The van der Waals surface area contributed by atoms with E-state index in [-0.39, 0.29) is 5.56 Å². The predicted octanol–water partition coefficient (Wildman–Crippen LogP) is 3.07. The lowest BCUT2D eigenvalue weighted by Gasteiger charge is -2.17. The molecule has 5 heteroatoms. The van der Waals surface area contributed by atoms with Crippen LogP contribution < -0.4 is 0 Å². The molecule has 1 N–H and O–H groups in total. The van der Waals surface area contributed by atoms with Gasteiger partial charge in [0.05, 0.1) is 11.3 Å². The minimum absolute atomic E-state index is 0.241. The van der Waals surface area contributed by atoms with Gasteiger partial charge in [-0.05, 0) is 36.9 Å². The average Bonchev–Trinajstić information content (AvgIpc) is 2.38.